The summed E-state index contributed by atoms with van der Waals surface area (Å²) >= 11 is 6.02. The lowest BCUT2D eigenvalue weighted by Crippen LogP contribution is -2.40. The van der Waals surface area contributed by atoms with Gasteiger partial charge in [0.25, 0.3) is 5.91 Å². The van der Waals surface area contributed by atoms with Gasteiger partial charge in [0.2, 0.25) is 10.0 Å². The second-order valence-electron chi connectivity index (χ2n) is 7.55. The SMILES string of the molecule is CC(C)(C)NS(=O)(=O)c1cc(C(=O)OCC(=O)N(CC#N)c2ccccc2)ccc1Cl. The molecule has 1 N–H and O–H groups in total. The van der Waals surface area contributed by atoms with Crippen LogP contribution in [0.25, 0.3) is 0 Å². The maximum Gasteiger partial charge on any atom is 0.338 e. The second-order valence-corrected chi connectivity index (χ2v) is 9.61. The van der Waals surface area contributed by atoms with Gasteiger partial charge < -0.3 is 4.74 Å². The smallest absolute Gasteiger partial charge is 0.338 e. The molecule has 0 radical (unpaired) electrons. The van der Waals surface area contributed by atoms with Crippen molar-refractivity contribution in [3.05, 3.63) is 59.1 Å². The van der Waals surface area contributed by atoms with Crippen LogP contribution < -0.4 is 9.62 Å². The van der Waals surface area contributed by atoms with Crippen molar-refractivity contribution in [3.63, 3.8) is 0 Å². The Morgan fingerprint density at radius 1 is 1.16 bits per heavy atom. The van der Waals surface area contributed by atoms with Crippen molar-refractivity contribution in [1.29, 1.82) is 5.26 Å². The number of hydrogen-bond acceptors (Lipinski definition) is 6. The molecule has 1 amide bonds. The number of carbonyl (C=O) groups excluding carboxylic acids is 2. The number of benzene rings is 2. The number of rotatable bonds is 7. The van der Waals surface area contributed by atoms with E-state index < -0.39 is 34.0 Å². The fourth-order valence-corrected chi connectivity index (χ4v) is 4.53. The molecule has 2 rings (SSSR count). The first kappa shape index (κ1) is 24.3. The van der Waals surface area contributed by atoms with Crippen molar-refractivity contribution < 1.29 is 22.7 Å². The van der Waals surface area contributed by atoms with Crippen molar-refractivity contribution in [3.8, 4) is 6.07 Å². The summed E-state index contributed by atoms with van der Waals surface area (Å²) in [5.41, 5.74) is -0.358. The Morgan fingerprint density at radius 3 is 2.39 bits per heavy atom. The number of esters is 1. The van der Waals surface area contributed by atoms with Crippen LogP contribution in [0.2, 0.25) is 5.02 Å². The lowest BCUT2D eigenvalue weighted by molar-refractivity contribution is -0.121. The van der Waals surface area contributed by atoms with Gasteiger partial charge in [0, 0.05) is 11.2 Å². The lowest BCUT2D eigenvalue weighted by atomic mass is 10.1. The van der Waals surface area contributed by atoms with E-state index in [9.17, 15) is 18.0 Å². The van der Waals surface area contributed by atoms with Gasteiger partial charge in [-0.1, -0.05) is 29.8 Å². The molecule has 10 heteroatoms. The monoisotopic (exact) mass is 463 g/mol. The fourth-order valence-electron chi connectivity index (χ4n) is 2.58. The zero-order chi connectivity index (χ0) is 23.2. The standard InChI is InChI=1S/C21H22ClN3O5S/c1-21(2,3)24-31(28,29)18-13-15(9-10-17(18)22)20(27)30-14-19(26)25(12-11-23)16-7-5-4-6-8-16/h4-10,13,24H,12,14H2,1-3H3. The molecule has 0 heterocycles. The minimum atomic E-state index is -3.99. The first-order valence-corrected chi connectivity index (χ1v) is 11.0. The molecule has 2 aromatic carbocycles. The number of carbonyl (C=O) groups is 2. The van der Waals surface area contributed by atoms with Gasteiger partial charge in [-0.2, -0.15) is 5.26 Å². The summed E-state index contributed by atoms with van der Waals surface area (Å²) in [7, 11) is -3.99. The molecule has 0 fully saturated rings. The van der Waals surface area contributed by atoms with E-state index in [0.29, 0.717) is 5.69 Å². The topological polar surface area (TPSA) is 117 Å². The van der Waals surface area contributed by atoms with Gasteiger partial charge in [-0.15, -0.1) is 0 Å². The van der Waals surface area contributed by atoms with Crippen molar-refractivity contribution in [2.24, 2.45) is 0 Å². The Kier molecular flexibility index (Phi) is 7.79. The summed E-state index contributed by atoms with van der Waals surface area (Å²) in [6.45, 7) is 4.16. The number of ether oxygens (including phenoxy) is 1. The van der Waals surface area contributed by atoms with E-state index in [4.69, 9.17) is 21.6 Å². The van der Waals surface area contributed by atoms with Gasteiger partial charge in [0.1, 0.15) is 11.4 Å². The molecule has 8 nitrogen and oxygen atoms in total. The third-order valence-electron chi connectivity index (χ3n) is 3.82. The lowest BCUT2D eigenvalue weighted by Gasteiger charge is -2.21. The van der Waals surface area contributed by atoms with Crippen molar-refractivity contribution >= 4 is 39.2 Å². The van der Waals surface area contributed by atoms with Gasteiger partial charge in [-0.3, -0.25) is 9.69 Å². The van der Waals surface area contributed by atoms with E-state index in [1.54, 1.807) is 51.1 Å². The third kappa shape index (κ3) is 6.79. The van der Waals surface area contributed by atoms with Crippen LogP contribution in [0.3, 0.4) is 0 Å². The zero-order valence-corrected chi connectivity index (χ0v) is 18.8. The predicted molar refractivity (Wildman–Crippen MR) is 116 cm³/mol. The Morgan fingerprint density at radius 2 is 1.81 bits per heavy atom. The van der Waals surface area contributed by atoms with E-state index >= 15 is 0 Å². The largest absolute Gasteiger partial charge is 0.452 e. The van der Waals surface area contributed by atoms with Crippen molar-refractivity contribution in [1.82, 2.24) is 4.72 Å². The van der Waals surface area contributed by atoms with Crippen LogP contribution in [0, 0.1) is 11.3 Å². The van der Waals surface area contributed by atoms with Crippen molar-refractivity contribution in [2.45, 2.75) is 31.2 Å². The highest BCUT2D eigenvalue weighted by Gasteiger charge is 2.26. The predicted octanol–water partition coefficient (Wildman–Crippen LogP) is 3.13. The summed E-state index contributed by atoms with van der Waals surface area (Å²) in [4.78, 5) is 25.8. The molecule has 0 atom stereocenters. The number of hydrogen-bond donors (Lipinski definition) is 1. The van der Waals surface area contributed by atoms with Crippen LogP contribution in [0.1, 0.15) is 31.1 Å². The number of para-hydroxylation sites is 1. The van der Waals surface area contributed by atoms with Crippen LogP contribution in [0.4, 0.5) is 5.69 Å². The van der Waals surface area contributed by atoms with E-state index in [1.807, 2.05) is 6.07 Å². The molecule has 0 aromatic heterocycles. The molecule has 0 aliphatic carbocycles. The van der Waals surface area contributed by atoms with E-state index in [0.717, 1.165) is 6.07 Å². The number of sulfonamides is 1. The molecule has 164 valence electrons. The molecule has 0 saturated heterocycles. The van der Waals surface area contributed by atoms with Gasteiger partial charge >= 0.3 is 5.97 Å². The minimum Gasteiger partial charge on any atom is -0.452 e. The van der Waals surface area contributed by atoms with Crippen LogP contribution in [-0.4, -0.2) is 39.0 Å². The molecule has 0 aliphatic rings. The summed E-state index contributed by atoms with van der Waals surface area (Å²) in [5.74, 6) is -1.50. The highest BCUT2D eigenvalue weighted by molar-refractivity contribution is 7.89. The molecule has 0 saturated carbocycles. The summed E-state index contributed by atoms with van der Waals surface area (Å²) in [5, 5.41) is 8.93. The molecule has 0 aliphatic heterocycles. The maximum absolute atomic E-state index is 12.6. The average Bonchev–Trinajstić information content (AvgIpc) is 2.69. The number of amides is 1. The highest BCUT2D eigenvalue weighted by Crippen LogP contribution is 2.24. The Hall–Kier alpha value is -2.93. The van der Waals surface area contributed by atoms with Gasteiger partial charge in [-0.25, -0.2) is 17.9 Å². The summed E-state index contributed by atoms with van der Waals surface area (Å²) < 4.78 is 32.7. The summed E-state index contributed by atoms with van der Waals surface area (Å²) in [6.07, 6.45) is 0. The number of nitrogens with one attached hydrogen (secondary N) is 1. The van der Waals surface area contributed by atoms with E-state index in [1.165, 1.54) is 17.0 Å². The minimum absolute atomic E-state index is 0.0614. The van der Waals surface area contributed by atoms with Crippen LogP contribution in [0.15, 0.2) is 53.4 Å². The van der Waals surface area contributed by atoms with Gasteiger partial charge in [-0.05, 0) is 51.1 Å². The molecule has 0 spiro atoms. The zero-order valence-electron chi connectivity index (χ0n) is 17.3. The molecular formula is C21H22ClN3O5S. The Bertz CT molecular complexity index is 1110. The Balaban J connectivity index is 2.17. The van der Waals surface area contributed by atoms with Crippen molar-refractivity contribution in [2.75, 3.05) is 18.1 Å². The third-order valence-corrected chi connectivity index (χ3v) is 6.06. The van der Waals surface area contributed by atoms with Crippen LogP contribution in [-0.2, 0) is 19.6 Å². The number of halogens is 1. The normalized spacial score (nSPS) is 11.5. The fraction of sp³-hybridized carbons (Fsp3) is 0.286. The van der Waals surface area contributed by atoms with E-state index in [2.05, 4.69) is 4.72 Å². The molecular weight excluding hydrogens is 442 g/mol. The molecule has 31 heavy (non-hydrogen) atoms. The highest BCUT2D eigenvalue weighted by atomic mass is 35.5. The Labute approximate surface area is 186 Å². The molecule has 0 bridgehead atoms. The molecule has 0 unspecified atom stereocenters. The van der Waals surface area contributed by atoms with Crippen LogP contribution >= 0.6 is 11.6 Å². The van der Waals surface area contributed by atoms with E-state index in [-0.39, 0.29) is 22.0 Å². The maximum atomic E-state index is 12.6. The first-order chi connectivity index (χ1) is 14.4. The van der Waals surface area contributed by atoms with Gasteiger partial charge in [0.15, 0.2) is 6.61 Å². The first-order valence-electron chi connectivity index (χ1n) is 9.17. The second kappa shape index (κ2) is 9.92. The molecule has 2 aromatic rings. The van der Waals surface area contributed by atoms with Gasteiger partial charge in [0.05, 0.1) is 16.7 Å². The average molecular weight is 464 g/mol. The number of nitrogens with zero attached hydrogens (tertiary/aromatic N) is 2. The summed E-state index contributed by atoms with van der Waals surface area (Å²) in [6, 6.07) is 14.0. The quantitative estimate of drug-likeness (QED) is 0.498. The number of anilines is 1. The van der Waals surface area contributed by atoms with Crippen LogP contribution in [0.5, 0.6) is 0 Å². The number of nitriles is 1.